The normalized spacial score (nSPS) is 11.4. The average Bonchev–Trinajstić information content (AvgIpc) is 3.30. The van der Waals surface area contributed by atoms with E-state index < -0.39 is 88.0 Å². The molecule has 26 heteroatoms. The largest absolute Gasteiger partial charge is 1.00 e. The molecule has 2 amide bonds. The Bertz CT molecular complexity index is 4020. The molecule has 0 fully saturated rings. The van der Waals surface area contributed by atoms with Crippen LogP contribution in [0.4, 0.5) is 11.4 Å². The van der Waals surface area contributed by atoms with Gasteiger partial charge in [-0.15, -0.1) is 5.39 Å². The van der Waals surface area contributed by atoms with Crippen LogP contribution in [0.5, 0.6) is 0 Å². The fourth-order valence-corrected chi connectivity index (χ4v) is 11.1. The number of hydrogen-bond acceptors (Lipinski definition) is 15. The fourth-order valence-electron chi connectivity index (χ4n) is 8.25. The molecule has 76 heavy (non-hydrogen) atoms. The van der Waals surface area contributed by atoms with Gasteiger partial charge in [0.15, 0.2) is 0 Å². The predicted molar refractivity (Wildman–Crippen MR) is 255 cm³/mol. The average molecular weight is 1150 g/mol. The van der Waals surface area contributed by atoms with Crippen LogP contribution in [0.1, 0.15) is 37.4 Å². The molecule has 8 rings (SSSR count). The van der Waals surface area contributed by atoms with E-state index in [-0.39, 0.29) is 200 Å². The van der Waals surface area contributed by atoms with Gasteiger partial charge in [0.1, 0.15) is 36.1 Å². The monoisotopic (exact) mass is 1140 g/mol. The zero-order chi connectivity index (χ0) is 51.2. The third kappa shape index (κ3) is 15.5. The number of fused-ring (bicyclic) bond motifs is 2. The molecule has 0 spiro atoms. The molecule has 2 N–H and O–H groups in total. The number of Topliss-reactive ketones (excluding diaryl/α,β-unsaturated/α-hetero) is 1. The molecule has 0 atom stereocenters. The first-order valence-corrected chi connectivity index (χ1v) is 26.4. The van der Waals surface area contributed by atoms with E-state index in [2.05, 4.69) is 16.7 Å². The standard InChI is InChI=1S/C50H37N2O15S4.5Na/c1-29-25-40-44(69(59,60)61)24-22-42(48(40)46(26-29)71(65,66)67)52-50(55)38-10-5-3-8-36(38)33-19-15-31(16-20-33)28-34(53)27-30-13-17-32(18-14-30)35-7-2-4-9-37(35)49(54)51-41-21-23-43(68(56,57)58)39-11-6-12-45(47(39)41)70(62,63)64;;;;;/h2-5,7-26H,27-28H2,1H3,(H,51,54)(H,52,55)(H,56,57,58)(H,59,60,61)(H,62,63,64)(H,65,66,67);;;;;/q-1;5*+1/p-4. The molecule has 0 heterocycles. The summed E-state index contributed by atoms with van der Waals surface area (Å²) in [6.45, 7) is 1.41. The van der Waals surface area contributed by atoms with Crippen molar-refractivity contribution in [3.05, 3.63) is 179 Å². The number of nitrogens with one attached hydrogen (secondary N) is 2. The Labute approximate surface area is 548 Å². The Morgan fingerprint density at radius 3 is 1.24 bits per heavy atom. The molecule has 8 aromatic rings. The van der Waals surface area contributed by atoms with Crippen molar-refractivity contribution in [1.29, 1.82) is 0 Å². The Hall–Kier alpha value is -2.47. The number of rotatable bonds is 14. The number of benzene rings is 8. The van der Waals surface area contributed by atoms with Crippen molar-refractivity contribution in [2.24, 2.45) is 0 Å². The summed E-state index contributed by atoms with van der Waals surface area (Å²) >= 11 is 0. The number of carbonyl (C=O) groups is 3. The second-order valence-corrected chi connectivity index (χ2v) is 21.5. The molecular formula is C50H33N2Na5O15S4. The van der Waals surface area contributed by atoms with E-state index >= 15 is 0 Å². The molecule has 0 saturated carbocycles. The van der Waals surface area contributed by atoms with Gasteiger partial charge in [-0.2, -0.15) is 18.2 Å². The number of ketones is 1. The molecular weight excluding hydrogens is 1110 g/mol. The van der Waals surface area contributed by atoms with E-state index in [0.29, 0.717) is 33.4 Å². The number of amides is 2. The molecule has 17 nitrogen and oxygen atoms in total. The van der Waals surface area contributed by atoms with E-state index in [9.17, 15) is 66.3 Å². The van der Waals surface area contributed by atoms with E-state index in [1.807, 2.05) is 0 Å². The van der Waals surface area contributed by atoms with Crippen LogP contribution in [0.25, 0.3) is 43.8 Å². The van der Waals surface area contributed by atoms with Crippen LogP contribution in [0, 0.1) is 13.0 Å². The molecule has 0 aliphatic carbocycles. The summed E-state index contributed by atoms with van der Waals surface area (Å²) in [5.41, 5.74) is 3.19. The van der Waals surface area contributed by atoms with Crippen LogP contribution in [-0.2, 0) is 58.1 Å². The molecule has 362 valence electrons. The topological polar surface area (TPSA) is 304 Å². The van der Waals surface area contributed by atoms with Gasteiger partial charge in [-0.25, -0.2) is 25.3 Å². The summed E-state index contributed by atoms with van der Waals surface area (Å²) in [4.78, 5) is 37.6. The summed E-state index contributed by atoms with van der Waals surface area (Å²) in [5.74, 6) is -1.66. The molecule has 0 aromatic heterocycles. The maximum absolute atomic E-state index is 13.8. The molecule has 8 aromatic carbocycles. The van der Waals surface area contributed by atoms with Crippen LogP contribution in [0.3, 0.4) is 0 Å². The minimum atomic E-state index is -5.24. The van der Waals surface area contributed by atoms with E-state index in [0.717, 1.165) is 42.5 Å². The van der Waals surface area contributed by atoms with Crippen molar-refractivity contribution >= 4 is 91.0 Å². The van der Waals surface area contributed by atoms with E-state index in [1.54, 1.807) is 84.9 Å². The summed E-state index contributed by atoms with van der Waals surface area (Å²) in [7, 11) is -20.7. The van der Waals surface area contributed by atoms with Crippen LogP contribution in [0.15, 0.2) is 165 Å². The Kier molecular flexibility index (Phi) is 24.4. The van der Waals surface area contributed by atoms with Crippen molar-refractivity contribution in [1.82, 2.24) is 0 Å². The summed E-state index contributed by atoms with van der Waals surface area (Å²) in [6, 6.07) is 36.7. The second kappa shape index (κ2) is 27.3. The fraction of sp³-hybridized carbons (Fsp3) is 0.0600. The van der Waals surface area contributed by atoms with Crippen LogP contribution < -0.4 is 158 Å². The quantitative estimate of drug-likeness (QED) is 0.0581. The van der Waals surface area contributed by atoms with Gasteiger partial charge in [0.2, 0.25) is 0 Å². The van der Waals surface area contributed by atoms with Gasteiger partial charge in [-0.1, -0.05) is 102 Å². The summed E-state index contributed by atoms with van der Waals surface area (Å²) in [6.07, 6.45) is 0.0621. The van der Waals surface area contributed by atoms with Gasteiger partial charge in [0, 0.05) is 45.3 Å². The van der Waals surface area contributed by atoms with Crippen LogP contribution in [0.2, 0.25) is 0 Å². The number of anilines is 2. The molecule has 0 bridgehead atoms. The molecule has 0 unspecified atom stereocenters. The van der Waals surface area contributed by atoms with E-state index in [1.165, 1.54) is 25.1 Å². The zero-order valence-corrected chi connectivity index (χ0v) is 54.8. The van der Waals surface area contributed by atoms with Crippen molar-refractivity contribution in [2.75, 3.05) is 10.6 Å². The number of hydrogen-bond donors (Lipinski definition) is 2. The predicted octanol–water partition coefficient (Wildman–Crippen LogP) is -8.07. The van der Waals surface area contributed by atoms with Crippen molar-refractivity contribution in [2.45, 2.75) is 39.3 Å². The van der Waals surface area contributed by atoms with Crippen molar-refractivity contribution in [3.8, 4) is 22.3 Å². The summed E-state index contributed by atoms with van der Waals surface area (Å²) < 4.78 is 146. The van der Waals surface area contributed by atoms with Gasteiger partial charge >= 0.3 is 148 Å². The molecule has 0 aliphatic rings. The van der Waals surface area contributed by atoms with Crippen LogP contribution in [-0.4, -0.2) is 69.5 Å². The van der Waals surface area contributed by atoms with Gasteiger partial charge in [0.05, 0.1) is 25.6 Å². The Balaban J connectivity index is 0.00000304. The number of carbonyl (C=O) groups excluding carboxylic acids is 3. The van der Waals surface area contributed by atoms with Crippen LogP contribution >= 0.6 is 0 Å². The van der Waals surface area contributed by atoms with E-state index in [4.69, 9.17) is 0 Å². The third-order valence-electron chi connectivity index (χ3n) is 11.3. The molecule has 0 radical (unpaired) electrons. The van der Waals surface area contributed by atoms with Gasteiger partial charge in [0.25, 0.3) is 11.8 Å². The first-order valence-electron chi connectivity index (χ1n) is 20.8. The minimum Gasteiger partial charge on any atom is -0.754 e. The third-order valence-corrected chi connectivity index (χ3v) is 14.8. The van der Waals surface area contributed by atoms with Gasteiger partial charge < -0.3 is 28.8 Å². The number of aryl methyl sites for hydroxylation is 1. The smallest absolute Gasteiger partial charge is 0.754 e. The SMILES string of the molecule is Cc1cc(S(=O)(=O)[O-])c2c(NC(=O)c3ccccc3-c3ccc(CC(=O)Cc4ccc(-c5ccccc5C(=O)Nc5ccc(S(=O)(=O)[O-])c6c[c-]cc(S(=O)(=O)[O-])c56)cc4)cc3)ccc(S(=O)(=O)[O-])c2c1.[Na+].[Na+].[Na+].[Na+].[Na+]. The Morgan fingerprint density at radius 1 is 0.447 bits per heavy atom. The molecule has 0 saturated heterocycles. The first-order chi connectivity index (χ1) is 33.4. The second-order valence-electron chi connectivity index (χ2n) is 16.1. The maximum Gasteiger partial charge on any atom is 1.00 e. The first kappa shape index (κ1) is 67.8. The van der Waals surface area contributed by atoms with Gasteiger partial charge in [-0.05, 0) is 87.2 Å². The molecule has 0 aliphatic heterocycles. The zero-order valence-electron chi connectivity index (χ0n) is 41.5. The minimum absolute atomic E-state index is 0. The Morgan fingerprint density at radius 2 is 0.829 bits per heavy atom. The van der Waals surface area contributed by atoms with Crippen molar-refractivity contribution < 1.29 is 214 Å². The van der Waals surface area contributed by atoms with Crippen molar-refractivity contribution in [3.63, 3.8) is 0 Å². The maximum atomic E-state index is 13.8. The van der Waals surface area contributed by atoms with Gasteiger partial charge in [-0.3, -0.25) is 22.8 Å². The summed E-state index contributed by atoms with van der Waals surface area (Å²) in [5, 5.41) is 3.43.